The number of carbonyl (C=O) groups is 1. The molecule has 2 unspecified atom stereocenters. The number of H-pyrrole nitrogens is 1. The minimum Gasteiger partial charge on any atom is -0.493 e. The van der Waals surface area contributed by atoms with Crippen LogP contribution in [0.1, 0.15) is 41.4 Å². The van der Waals surface area contributed by atoms with E-state index in [0.29, 0.717) is 52.0 Å². The Morgan fingerprint density at radius 2 is 1.63 bits per heavy atom. The largest absolute Gasteiger partial charge is 0.493 e. The summed E-state index contributed by atoms with van der Waals surface area (Å²) in [6, 6.07) is 22.5. The zero-order valence-electron chi connectivity index (χ0n) is 21.0. The molecule has 0 spiro atoms. The highest BCUT2D eigenvalue weighted by Crippen LogP contribution is 2.48. The Hall–Kier alpha value is -4.23. The third-order valence-electron chi connectivity index (χ3n) is 7.40. The number of nitrogens with zero attached hydrogens (tertiary/aromatic N) is 1. The van der Waals surface area contributed by atoms with Gasteiger partial charge in [-0.15, -0.1) is 0 Å². The number of hydrogen-bond acceptors (Lipinski definition) is 5. The number of fused-ring (bicyclic) bond motifs is 1. The number of rotatable bonds is 5. The van der Waals surface area contributed by atoms with Crippen molar-refractivity contribution in [2.24, 2.45) is 0 Å². The van der Waals surface area contributed by atoms with Gasteiger partial charge in [-0.3, -0.25) is 14.7 Å². The lowest BCUT2D eigenvalue weighted by Gasteiger charge is -2.35. The van der Waals surface area contributed by atoms with Crippen LogP contribution in [0, 0.1) is 0 Å². The number of anilines is 1. The molecule has 7 nitrogen and oxygen atoms in total. The summed E-state index contributed by atoms with van der Waals surface area (Å²) in [5.41, 5.74) is 4.08. The molecule has 2 N–H and O–H groups in total. The van der Waals surface area contributed by atoms with Crippen molar-refractivity contribution < 1.29 is 14.3 Å². The van der Waals surface area contributed by atoms with Crippen LogP contribution in [0.2, 0.25) is 5.02 Å². The lowest BCUT2D eigenvalue weighted by Crippen LogP contribution is -2.32. The summed E-state index contributed by atoms with van der Waals surface area (Å²) in [5, 5.41) is 7.17. The van der Waals surface area contributed by atoms with E-state index >= 15 is 0 Å². The summed E-state index contributed by atoms with van der Waals surface area (Å²) in [4.78, 5) is 27.7. The number of ether oxygens (including phenoxy) is 2. The molecule has 1 aliphatic carbocycles. The smallest absolute Gasteiger partial charge is 0.277 e. The van der Waals surface area contributed by atoms with Gasteiger partial charge in [0, 0.05) is 28.6 Å². The number of nitrogens with one attached hydrogen (secondary N) is 2. The Morgan fingerprint density at radius 3 is 2.37 bits per heavy atom. The van der Waals surface area contributed by atoms with Gasteiger partial charge in [0.25, 0.3) is 5.56 Å². The van der Waals surface area contributed by atoms with Gasteiger partial charge in [-0.05, 0) is 53.8 Å². The normalized spacial score (nSPS) is 18.4. The Bertz CT molecular complexity index is 1640. The Labute approximate surface area is 224 Å². The van der Waals surface area contributed by atoms with E-state index in [1.165, 1.54) is 4.68 Å². The van der Waals surface area contributed by atoms with E-state index in [0.717, 1.165) is 16.8 Å². The molecule has 4 aromatic rings. The van der Waals surface area contributed by atoms with E-state index in [1.54, 1.807) is 20.3 Å². The van der Waals surface area contributed by atoms with Crippen molar-refractivity contribution >= 4 is 23.2 Å². The number of hydrogen-bond donors (Lipinski definition) is 2. The first-order valence-corrected chi connectivity index (χ1v) is 12.8. The second kappa shape index (κ2) is 9.58. The van der Waals surface area contributed by atoms with E-state index in [2.05, 4.69) is 10.4 Å². The van der Waals surface area contributed by atoms with Crippen LogP contribution >= 0.6 is 11.6 Å². The topological polar surface area (TPSA) is 85.4 Å². The van der Waals surface area contributed by atoms with E-state index in [4.69, 9.17) is 21.1 Å². The second-order valence-corrected chi connectivity index (χ2v) is 9.90. The van der Waals surface area contributed by atoms with Gasteiger partial charge in [-0.2, -0.15) is 0 Å². The van der Waals surface area contributed by atoms with Crippen molar-refractivity contribution in [3.8, 4) is 17.2 Å². The number of ketones is 1. The van der Waals surface area contributed by atoms with Crippen molar-refractivity contribution in [1.29, 1.82) is 0 Å². The van der Waals surface area contributed by atoms with Crippen LogP contribution in [0.3, 0.4) is 0 Å². The molecular formula is C30H26ClN3O4. The van der Waals surface area contributed by atoms with Crippen LogP contribution in [0.25, 0.3) is 5.69 Å². The summed E-state index contributed by atoms with van der Waals surface area (Å²) >= 11 is 6.67. The fraction of sp³-hybridized carbons (Fsp3) is 0.200. The number of aromatic amines is 1. The lowest BCUT2D eigenvalue weighted by atomic mass is 9.72. The third-order valence-corrected chi connectivity index (χ3v) is 7.74. The third kappa shape index (κ3) is 3.90. The molecule has 3 aromatic carbocycles. The molecule has 0 radical (unpaired) electrons. The number of carbonyl (C=O) groups excluding carboxylic acids is 1. The average molecular weight is 528 g/mol. The number of methoxy groups -OCH3 is 2. The number of allylic oxidation sites excluding steroid dienone is 2. The highest BCUT2D eigenvalue weighted by Gasteiger charge is 2.42. The van der Waals surface area contributed by atoms with E-state index in [1.807, 2.05) is 66.7 Å². The van der Waals surface area contributed by atoms with Crippen LogP contribution in [0.15, 0.2) is 88.9 Å². The predicted octanol–water partition coefficient (Wildman–Crippen LogP) is 5.79. The molecule has 2 aliphatic rings. The zero-order valence-corrected chi connectivity index (χ0v) is 21.7. The first-order chi connectivity index (χ1) is 18.5. The van der Waals surface area contributed by atoms with Gasteiger partial charge >= 0.3 is 0 Å². The maximum atomic E-state index is 13.9. The van der Waals surface area contributed by atoms with Crippen LogP contribution in [0.4, 0.5) is 5.82 Å². The molecule has 192 valence electrons. The summed E-state index contributed by atoms with van der Waals surface area (Å²) in [5.74, 6) is 1.17. The molecule has 1 aliphatic heterocycles. The van der Waals surface area contributed by atoms with Crippen LogP contribution in [0.5, 0.6) is 11.5 Å². The number of halogens is 1. The molecule has 6 rings (SSSR count). The standard InChI is InChI=1S/C30H26ClN3O4/c1-37-24-13-12-17(16-25(24)38-2)18-14-22-27(23(35)15-18)26(20-10-6-7-11-21(20)31)28-29(32-22)33-34(30(28)36)19-8-4-3-5-9-19/h3-13,16,18,26,32-33H,14-15H2,1-2H3. The zero-order chi connectivity index (χ0) is 26.4. The lowest BCUT2D eigenvalue weighted by molar-refractivity contribution is -0.116. The van der Waals surface area contributed by atoms with Gasteiger partial charge in [0.15, 0.2) is 17.3 Å². The molecule has 2 atom stereocenters. The van der Waals surface area contributed by atoms with Crippen molar-refractivity contribution in [2.75, 3.05) is 19.5 Å². The Balaban J connectivity index is 1.49. The molecule has 0 fully saturated rings. The van der Waals surface area contributed by atoms with Gasteiger partial charge in [0.2, 0.25) is 0 Å². The predicted molar refractivity (Wildman–Crippen MR) is 147 cm³/mol. The fourth-order valence-corrected chi connectivity index (χ4v) is 5.86. The van der Waals surface area contributed by atoms with Crippen molar-refractivity contribution in [3.05, 3.63) is 116 Å². The van der Waals surface area contributed by atoms with Crippen molar-refractivity contribution in [1.82, 2.24) is 9.78 Å². The van der Waals surface area contributed by atoms with Gasteiger partial charge < -0.3 is 14.8 Å². The summed E-state index contributed by atoms with van der Waals surface area (Å²) in [7, 11) is 3.19. The number of aromatic nitrogens is 2. The molecule has 0 amide bonds. The molecule has 2 heterocycles. The fourth-order valence-electron chi connectivity index (χ4n) is 5.61. The maximum absolute atomic E-state index is 13.9. The monoisotopic (exact) mass is 527 g/mol. The number of Topliss-reactive ketones (excluding diaryl/α,β-unsaturated/α-hetero) is 1. The summed E-state index contributed by atoms with van der Waals surface area (Å²) in [6.45, 7) is 0. The molecule has 0 saturated heterocycles. The van der Waals surface area contributed by atoms with Crippen LogP contribution in [-0.4, -0.2) is 29.8 Å². The van der Waals surface area contributed by atoms with Crippen LogP contribution < -0.4 is 20.3 Å². The molecule has 0 saturated carbocycles. The molecule has 38 heavy (non-hydrogen) atoms. The maximum Gasteiger partial charge on any atom is 0.277 e. The van der Waals surface area contributed by atoms with Crippen LogP contribution in [-0.2, 0) is 4.79 Å². The highest BCUT2D eigenvalue weighted by atomic mass is 35.5. The first-order valence-electron chi connectivity index (χ1n) is 12.4. The Kier molecular flexibility index (Phi) is 6.08. The van der Waals surface area contributed by atoms with E-state index in [-0.39, 0.29) is 17.3 Å². The van der Waals surface area contributed by atoms with E-state index in [9.17, 15) is 9.59 Å². The van der Waals surface area contributed by atoms with E-state index < -0.39 is 5.92 Å². The van der Waals surface area contributed by atoms with Crippen molar-refractivity contribution in [3.63, 3.8) is 0 Å². The average Bonchev–Trinajstić information content (AvgIpc) is 3.28. The molecule has 0 bridgehead atoms. The van der Waals surface area contributed by atoms with Gasteiger partial charge in [-0.25, -0.2) is 4.68 Å². The molecule has 8 heteroatoms. The van der Waals surface area contributed by atoms with Gasteiger partial charge in [0.05, 0.1) is 25.5 Å². The number of benzene rings is 3. The summed E-state index contributed by atoms with van der Waals surface area (Å²) in [6.07, 6.45) is 0.902. The SMILES string of the molecule is COc1ccc(C2CC(=O)C3=C(C2)Nc2[nH]n(-c4ccccc4)c(=O)c2C3c2ccccc2Cl)cc1OC. The van der Waals surface area contributed by atoms with Crippen molar-refractivity contribution in [2.45, 2.75) is 24.7 Å². The second-order valence-electron chi connectivity index (χ2n) is 9.49. The quantitative estimate of drug-likeness (QED) is 0.343. The highest BCUT2D eigenvalue weighted by molar-refractivity contribution is 6.31. The first kappa shape index (κ1) is 24.1. The minimum atomic E-state index is -0.581. The number of para-hydroxylation sites is 1. The minimum absolute atomic E-state index is 0.0130. The van der Waals surface area contributed by atoms with Gasteiger partial charge in [0.1, 0.15) is 5.82 Å². The van der Waals surface area contributed by atoms with Gasteiger partial charge in [-0.1, -0.05) is 54.1 Å². The summed E-state index contributed by atoms with van der Waals surface area (Å²) < 4.78 is 12.4. The Morgan fingerprint density at radius 1 is 0.895 bits per heavy atom. The molecule has 1 aromatic heterocycles. The molecular weight excluding hydrogens is 502 g/mol.